The van der Waals surface area contributed by atoms with Gasteiger partial charge in [-0.25, -0.2) is 0 Å². The number of nitrogens with one attached hydrogen (secondary N) is 2. The molecule has 1 atom stereocenters. The summed E-state index contributed by atoms with van der Waals surface area (Å²) < 4.78 is 5.78. The van der Waals surface area contributed by atoms with E-state index in [1.165, 1.54) is 0 Å². The highest BCUT2D eigenvalue weighted by molar-refractivity contribution is 6.53. The van der Waals surface area contributed by atoms with Gasteiger partial charge in [-0.3, -0.25) is 14.6 Å². The number of guanidine groups is 1. The van der Waals surface area contributed by atoms with Gasteiger partial charge in [0.05, 0.1) is 5.31 Å². The first kappa shape index (κ1) is 25.7. The highest BCUT2D eigenvalue weighted by Crippen LogP contribution is 2.47. The molecule has 1 fully saturated rings. The van der Waals surface area contributed by atoms with E-state index < -0.39 is 24.2 Å². The van der Waals surface area contributed by atoms with E-state index in [4.69, 9.17) is 16.1 Å². The van der Waals surface area contributed by atoms with Crippen LogP contribution in [0.5, 0.6) is 0 Å². The molecule has 0 bridgehead atoms. The lowest BCUT2D eigenvalue weighted by molar-refractivity contribution is -0.126. The lowest BCUT2D eigenvalue weighted by Crippen LogP contribution is -2.54. The van der Waals surface area contributed by atoms with Gasteiger partial charge in [0, 0.05) is 12.1 Å². The Morgan fingerprint density at radius 1 is 1.31 bits per heavy atom. The average Bonchev–Trinajstić information content (AvgIpc) is 3.22. The summed E-state index contributed by atoms with van der Waals surface area (Å²) in [6.45, 7) is 4.31. The van der Waals surface area contributed by atoms with Gasteiger partial charge in [0.2, 0.25) is 12.3 Å². The van der Waals surface area contributed by atoms with Crippen LogP contribution in [0.2, 0.25) is 5.31 Å². The van der Waals surface area contributed by atoms with Crippen LogP contribution in [-0.2, 0) is 20.7 Å². The summed E-state index contributed by atoms with van der Waals surface area (Å²) in [4.78, 5) is 28.3. The zero-order valence-corrected chi connectivity index (χ0v) is 19.0. The summed E-state index contributed by atoms with van der Waals surface area (Å²) in [6, 6.07) is 9.94. The largest absolute Gasteiger partial charge is 0.472 e. The van der Waals surface area contributed by atoms with E-state index in [2.05, 4.69) is 15.6 Å². The van der Waals surface area contributed by atoms with E-state index >= 15 is 0 Å². The van der Waals surface area contributed by atoms with Crippen LogP contribution in [0.25, 0.3) is 0 Å². The van der Waals surface area contributed by atoms with Gasteiger partial charge in [-0.2, -0.15) is 0 Å². The predicted octanol–water partition coefficient (Wildman–Crippen LogP) is 1.06. The van der Waals surface area contributed by atoms with Gasteiger partial charge in [-0.1, -0.05) is 43.2 Å². The smallest absolute Gasteiger partial charge is 0.426 e. The maximum atomic E-state index is 13.4. The van der Waals surface area contributed by atoms with Crippen molar-refractivity contribution in [2.24, 2.45) is 16.5 Å². The monoisotopic (exact) mass is 445 g/mol. The minimum atomic E-state index is -1.35. The van der Waals surface area contributed by atoms with Crippen LogP contribution in [-0.4, -0.2) is 48.7 Å². The molecule has 2 amide bonds. The number of nitrogens with two attached hydrogens (primary N) is 2. The third-order valence-electron chi connectivity index (χ3n) is 5.83. The maximum Gasteiger partial charge on any atom is 0.472 e. The molecule has 0 unspecified atom stereocenters. The molecule has 0 saturated heterocycles. The van der Waals surface area contributed by atoms with Gasteiger partial charge >= 0.3 is 7.12 Å². The number of nitrogens with zero attached hydrogens (tertiary/aromatic N) is 1. The lowest BCUT2D eigenvalue weighted by Gasteiger charge is -2.36. The zero-order valence-electron chi connectivity index (χ0n) is 19.0. The topological polar surface area (TPSA) is 152 Å². The van der Waals surface area contributed by atoms with Crippen molar-refractivity contribution in [2.45, 2.75) is 75.9 Å². The first-order valence-corrected chi connectivity index (χ1v) is 11.1. The lowest BCUT2D eigenvalue weighted by atomic mass is 9.55. The number of carbonyl (C=O) groups is 2. The number of rotatable bonds is 13. The highest BCUT2D eigenvalue weighted by Gasteiger charge is 2.53. The van der Waals surface area contributed by atoms with E-state index in [0.29, 0.717) is 45.1 Å². The third kappa shape index (κ3) is 7.53. The highest BCUT2D eigenvalue weighted by atomic mass is 16.5. The number of hydrogen-bond donors (Lipinski definition) is 5. The van der Waals surface area contributed by atoms with Crippen LogP contribution in [0.15, 0.2) is 35.3 Å². The Bertz CT molecular complexity index is 765. The molecule has 176 valence electrons. The molecular weight excluding hydrogens is 409 g/mol. The molecule has 32 heavy (non-hydrogen) atoms. The summed E-state index contributed by atoms with van der Waals surface area (Å²) >= 11 is 0. The fourth-order valence-electron chi connectivity index (χ4n) is 4.21. The van der Waals surface area contributed by atoms with Crippen molar-refractivity contribution in [3.05, 3.63) is 35.9 Å². The van der Waals surface area contributed by atoms with Crippen LogP contribution >= 0.6 is 0 Å². The Morgan fingerprint density at radius 3 is 2.56 bits per heavy atom. The van der Waals surface area contributed by atoms with Gasteiger partial charge in [0.1, 0.15) is 6.23 Å². The predicted molar refractivity (Wildman–Crippen MR) is 125 cm³/mol. The van der Waals surface area contributed by atoms with Crippen LogP contribution < -0.4 is 22.1 Å². The van der Waals surface area contributed by atoms with Crippen molar-refractivity contribution in [3.8, 4) is 0 Å². The molecule has 1 saturated carbocycles. The van der Waals surface area contributed by atoms with Gasteiger partial charge in [0.25, 0.3) is 0 Å². The summed E-state index contributed by atoms with van der Waals surface area (Å²) in [7, 11) is -1.35. The standard InChI is InChI=1S/C22H36BN5O4/c1-21(2,15-17-9-4-3-5-10-17)28-19(30)22(12-6-7-13-22)23(31)32-18(27-16-29)11-8-14-26-20(24)25/h3-5,9-10,16,18,31H,6-8,11-15H2,1-2H3,(H,27,29)(H,28,30)(H4,24,25,26)/t18-/m1/s1. The van der Waals surface area contributed by atoms with E-state index in [9.17, 15) is 14.6 Å². The molecule has 1 aliphatic carbocycles. The molecule has 9 nitrogen and oxygen atoms in total. The van der Waals surface area contributed by atoms with Gasteiger partial charge in [-0.15, -0.1) is 0 Å². The second-order valence-electron chi connectivity index (χ2n) is 9.07. The maximum absolute atomic E-state index is 13.4. The molecule has 1 aromatic carbocycles. The number of amides is 2. The van der Waals surface area contributed by atoms with E-state index in [1.807, 2.05) is 44.2 Å². The van der Waals surface area contributed by atoms with Crippen LogP contribution in [0.3, 0.4) is 0 Å². The van der Waals surface area contributed by atoms with Crippen molar-refractivity contribution in [2.75, 3.05) is 6.54 Å². The van der Waals surface area contributed by atoms with Crippen molar-refractivity contribution < 1.29 is 19.3 Å². The number of hydrogen-bond acceptors (Lipinski definition) is 5. The zero-order chi connectivity index (χ0) is 23.6. The van der Waals surface area contributed by atoms with Crippen LogP contribution in [0.4, 0.5) is 0 Å². The molecule has 0 aromatic heterocycles. The van der Waals surface area contributed by atoms with Gasteiger partial charge < -0.3 is 31.8 Å². The van der Waals surface area contributed by atoms with E-state index in [-0.39, 0.29) is 11.9 Å². The average molecular weight is 445 g/mol. The number of carbonyl (C=O) groups excluding carboxylic acids is 2. The number of benzene rings is 1. The van der Waals surface area contributed by atoms with Gasteiger partial charge in [-0.05, 0) is 51.5 Å². The molecule has 0 spiro atoms. The normalized spacial score (nSPS) is 16.1. The van der Waals surface area contributed by atoms with Crippen LogP contribution in [0, 0.1) is 0 Å². The second-order valence-corrected chi connectivity index (χ2v) is 9.07. The molecule has 7 N–H and O–H groups in total. The first-order valence-electron chi connectivity index (χ1n) is 11.1. The summed E-state index contributed by atoms with van der Waals surface area (Å²) in [5, 5.41) is 15.6. The quantitative estimate of drug-likeness (QED) is 0.0765. The van der Waals surface area contributed by atoms with Crippen LogP contribution in [0.1, 0.15) is 57.9 Å². The molecule has 2 rings (SSSR count). The fraction of sp³-hybridized carbons (Fsp3) is 0.591. The Morgan fingerprint density at radius 2 is 1.97 bits per heavy atom. The molecular formula is C22H36BN5O4. The molecule has 1 aliphatic rings. The van der Waals surface area contributed by atoms with Gasteiger partial charge in [0.15, 0.2) is 5.96 Å². The fourth-order valence-corrected chi connectivity index (χ4v) is 4.21. The Hall–Kier alpha value is -2.59. The minimum absolute atomic E-state index is 0.00875. The number of aliphatic imine (C=N–C) groups is 1. The SMILES string of the molecule is CC(C)(Cc1ccccc1)NC(=O)C1(B(O)O[C@H](CCCN=C(N)N)NC=O)CCCC1. The van der Waals surface area contributed by atoms with E-state index in [0.717, 1.165) is 18.4 Å². The molecule has 0 heterocycles. The second kappa shape index (κ2) is 11.9. The molecule has 0 radical (unpaired) electrons. The van der Waals surface area contributed by atoms with Crippen molar-refractivity contribution in [1.29, 1.82) is 0 Å². The Labute approximate surface area is 190 Å². The minimum Gasteiger partial charge on any atom is -0.426 e. The van der Waals surface area contributed by atoms with Crippen molar-refractivity contribution in [3.63, 3.8) is 0 Å². The molecule has 0 aliphatic heterocycles. The summed E-state index contributed by atoms with van der Waals surface area (Å²) in [5.74, 6) is -0.237. The van der Waals surface area contributed by atoms with Crippen molar-refractivity contribution in [1.82, 2.24) is 10.6 Å². The first-order chi connectivity index (χ1) is 15.2. The molecule has 10 heteroatoms. The molecule has 1 aromatic rings. The Balaban J connectivity index is 2.05. The van der Waals surface area contributed by atoms with Crippen molar-refractivity contribution >= 4 is 25.4 Å². The third-order valence-corrected chi connectivity index (χ3v) is 5.83. The summed E-state index contributed by atoms with van der Waals surface area (Å²) in [5.41, 5.74) is 11.3. The van der Waals surface area contributed by atoms with E-state index in [1.54, 1.807) is 0 Å². The summed E-state index contributed by atoms with van der Waals surface area (Å²) in [6.07, 6.45) is 4.04. The Kier molecular flexibility index (Phi) is 9.52.